The van der Waals surface area contributed by atoms with E-state index in [2.05, 4.69) is 26.2 Å². The van der Waals surface area contributed by atoms with E-state index in [1.165, 1.54) is 18.3 Å². The summed E-state index contributed by atoms with van der Waals surface area (Å²) in [6, 6.07) is 11.6. The number of nitrogens with one attached hydrogen (secondary N) is 1. The number of hydrogen-bond donors (Lipinski definition) is 3. The Labute approximate surface area is 144 Å². The van der Waals surface area contributed by atoms with Gasteiger partial charge in [0.2, 0.25) is 0 Å². The summed E-state index contributed by atoms with van der Waals surface area (Å²) in [7, 11) is 0. The zero-order valence-corrected chi connectivity index (χ0v) is 13.7. The molecule has 0 saturated heterocycles. The van der Waals surface area contributed by atoms with Gasteiger partial charge in [-0.3, -0.25) is 4.98 Å². The summed E-state index contributed by atoms with van der Waals surface area (Å²) in [4.78, 5) is 26.8. The van der Waals surface area contributed by atoms with Crippen LogP contribution < -0.4 is 5.32 Å². The smallest absolute Gasteiger partial charge is 0.339 e. The molecule has 0 saturated carbocycles. The summed E-state index contributed by atoms with van der Waals surface area (Å²) in [5.74, 6) is -2.24. The van der Waals surface area contributed by atoms with Crippen molar-refractivity contribution in [2.45, 2.75) is 0 Å². The molecule has 0 bridgehead atoms. The van der Waals surface area contributed by atoms with Crippen molar-refractivity contribution in [3.05, 3.63) is 64.3 Å². The molecule has 2 aromatic carbocycles. The van der Waals surface area contributed by atoms with E-state index in [0.29, 0.717) is 22.3 Å². The molecule has 0 spiro atoms. The second-order valence-electron chi connectivity index (χ2n) is 5.02. The fraction of sp³-hybridized carbons (Fsp3) is 0. The topological polar surface area (TPSA) is 99.5 Å². The minimum absolute atomic E-state index is 0.0343. The van der Waals surface area contributed by atoms with Crippen molar-refractivity contribution in [3.8, 4) is 0 Å². The third kappa shape index (κ3) is 3.07. The van der Waals surface area contributed by atoms with E-state index in [1.54, 1.807) is 18.2 Å². The van der Waals surface area contributed by atoms with Gasteiger partial charge in [0.15, 0.2) is 0 Å². The van der Waals surface area contributed by atoms with Crippen LogP contribution in [0.1, 0.15) is 20.7 Å². The lowest BCUT2D eigenvalue weighted by molar-refractivity contribution is 0.0687. The lowest BCUT2D eigenvalue weighted by Crippen LogP contribution is -2.05. The second-order valence-corrected chi connectivity index (χ2v) is 5.94. The number of aromatic nitrogens is 1. The Morgan fingerprint density at radius 2 is 1.71 bits per heavy atom. The molecule has 6 nitrogen and oxygen atoms in total. The summed E-state index contributed by atoms with van der Waals surface area (Å²) >= 11 is 3.34. The first-order chi connectivity index (χ1) is 11.5. The molecule has 0 fully saturated rings. The third-order valence-electron chi connectivity index (χ3n) is 3.46. The molecule has 0 atom stereocenters. The highest BCUT2D eigenvalue weighted by Crippen LogP contribution is 2.30. The standard InChI is InChI=1S/C17H11BrN2O4/c18-10-2-4-11(5-3-10)20-15-12-7-9(16(21)22)1-6-14(12)19-8-13(15)17(23)24/h1-8H,(H,19,20)(H,21,22)(H,23,24). The Morgan fingerprint density at radius 3 is 2.33 bits per heavy atom. The molecule has 1 aromatic heterocycles. The molecule has 0 aliphatic carbocycles. The maximum Gasteiger partial charge on any atom is 0.339 e. The highest BCUT2D eigenvalue weighted by Gasteiger charge is 2.16. The summed E-state index contributed by atoms with van der Waals surface area (Å²) < 4.78 is 0.888. The van der Waals surface area contributed by atoms with Gasteiger partial charge in [-0.05, 0) is 42.5 Å². The average Bonchev–Trinajstić information content (AvgIpc) is 2.56. The minimum atomic E-state index is -1.15. The number of hydrogen-bond acceptors (Lipinski definition) is 4. The van der Waals surface area contributed by atoms with Gasteiger partial charge in [0.1, 0.15) is 5.56 Å². The molecular formula is C17H11BrN2O4. The van der Waals surface area contributed by atoms with Gasteiger partial charge in [0.25, 0.3) is 0 Å². The first kappa shape index (κ1) is 15.9. The largest absolute Gasteiger partial charge is 0.478 e. The van der Waals surface area contributed by atoms with Gasteiger partial charge in [-0.25, -0.2) is 9.59 Å². The molecule has 3 aromatic rings. The molecular weight excluding hydrogens is 376 g/mol. The van der Waals surface area contributed by atoms with Crippen LogP contribution in [-0.2, 0) is 0 Å². The quantitative estimate of drug-likeness (QED) is 0.622. The zero-order valence-electron chi connectivity index (χ0n) is 12.2. The van der Waals surface area contributed by atoms with Crippen molar-refractivity contribution in [1.29, 1.82) is 0 Å². The first-order valence-electron chi connectivity index (χ1n) is 6.87. The monoisotopic (exact) mass is 386 g/mol. The molecule has 3 N–H and O–H groups in total. The number of rotatable bonds is 4. The Kier molecular flexibility index (Phi) is 4.18. The van der Waals surface area contributed by atoms with Crippen molar-refractivity contribution in [2.75, 3.05) is 5.32 Å². The number of fused-ring (bicyclic) bond motifs is 1. The summed E-state index contributed by atoms with van der Waals surface area (Å²) in [6.45, 7) is 0. The maximum absolute atomic E-state index is 11.5. The van der Waals surface area contributed by atoms with Crippen molar-refractivity contribution >= 4 is 50.1 Å². The van der Waals surface area contributed by atoms with Gasteiger partial charge in [-0.2, -0.15) is 0 Å². The van der Waals surface area contributed by atoms with Crippen LogP contribution in [0.3, 0.4) is 0 Å². The van der Waals surface area contributed by atoms with Crippen LogP contribution in [0.5, 0.6) is 0 Å². The molecule has 0 radical (unpaired) electrons. The van der Waals surface area contributed by atoms with Crippen LogP contribution >= 0.6 is 15.9 Å². The van der Waals surface area contributed by atoms with Gasteiger partial charge in [0, 0.05) is 21.7 Å². The van der Waals surface area contributed by atoms with Crippen molar-refractivity contribution in [1.82, 2.24) is 4.98 Å². The van der Waals surface area contributed by atoms with Crippen LogP contribution in [0.4, 0.5) is 11.4 Å². The Bertz CT molecular complexity index is 949. The molecule has 3 rings (SSSR count). The Hall–Kier alpha value is -2.93. The van der Waals surface area contributed by atoms with Crippen molar-refractivity contribution < 1.29 is 19.8 Å². The lowest BCUT2D eigenvalue weighted by Gasteiger charge is -2.13. The van der Waals surface area contributed by atoms with Gasteiger partial charge < -0.3 is 15.5 Å². The number of halogens is 1. The van der Waals surface area contributed by atoms with E-state index in [4.69, 9.17) is 0 Å². The van der Waals surface area contributed by atoms with Crippen molar-refractivity contribution in [2.24, 2.45) is 0 Å². The zero-order chi connectivity index (χ0) is 17.3. The molecule has 0 unspecified atom stereocenters. The third-order valence-corrected chi connectivity index (χ3v) is 3.99. The van der Waals surface area contributed by atoms with Crippen LogP contribution in [-0.4, -0.2) is 27.1 Å². The molecule has 0 amide bonds. The van der Waals surface area contributed by atoms with Gasteiger partial charge in [-0.1, -0.05) is 15.9 Å². The van der Waals surface area contributed by atoms with Crippen LogP contribution in [0, 0.1) is 0 Å². The number of aromatic carboxylic acids is 2. The Morgan fingerprint density at radius 1 is 1.00 bits per heavy atom. The lowest BCUT2D eigenvalue weighted by atomic mass is 10.1. The van der Waals surface area contributed by atoms with Gasteiger partial charge in [-0.15, -0.1) is 0 Å². The molecule has 7 heteroatoms. The highest BCUT2D eigenvalue weighted by atomic mass is 79.9. The number of nitrogens with zero attached hydrogens (tertiary/aromatic N) is 1. The van der Waals surface area contributed by atoms with E-state index in [1.807, 2.05) is 12.1 Å². The predicted molar refractivity (Wildman–Crippen MR) is 93.1 cm³/mol. The number of anilines is 2. The summed E-state index contributed by atoms with van der Waals surface area (Å²) in [5, 5.41) is 22.1. The average molecular weight is 387 g/mol. The fourth-order valence-corrected chi connectivity index (χ4v) is 2.56. The van der Waals surface area contributed by atoms with E-state index >= 15 is 0 Å². The molecule has 0 aliphatic rings. The SMILES string of the molecule is O=C(O)c1ccc2ncc(C(=O)O)c(Nc3ccc(Br)cc3)c2c1. The summed E-state index contributed by atoms with van der Waals surface area (Å²) in [6.07, 6.45) is 1.26. The van der Waals surface area contributed by atoms with Crippen LogP contribution in [0.25, 0.3) is 10.9 Å². The number of carbonyl (C=O) groups is 2. The first-order valence-corrected chi connectivity index (χ1v) is 7.67. The van der Waals surface area contributed by atoms with E-state index in [-0.39, 0.29) is 11.1 Å². The van der Waals surface area contributed by atoms with Crippen molar-refractivity contribution in [3.63, 3.8) is 0 Å². The second kappa shape index (κ2) is 6.29. The molecule has 24 heavy (non-hydrogen) atoms. The number of pyridine rings is 1. The molecule has 0 aliphatic heterocycles. The fourth-order valence-electron chi connectivity index (χ4n) is 2.30. The van der Waals surface area contributed by atoms with Crippen LogP contribution in [0.15, 0.2) is 53.1 Å². The van der Waals surface area contributed by atoms with Gasteiger partial charge >= 0.3 is 11.9 Å². The molecule has 120 valence electrons. The van der Waals surface area contributed by atoms with Gasteiger partial charge in [0.05, 0.1) is 16.8 Å². The molecule has 1 heterocycles. The maximum atomic E-state index is 11.5. The summed E-state index contributed by atoms with van der Waals surface area (Å²) in [5.41, 5.74) is 1.51. The van der Waals surface area contributed by atoms with E-state index < -0.39 is 11.9 Å². The predicted octanol–water partition coefficient (Wildman–Crippen LogP) is 4.14. The van der Waals surface area contributed by atoms with Crippen LogP contribution in [0.2, 0.25) is 0 Å². The number of benzene rings is 2. The number of carboxylic acids is 2. The normalized spacial score (nSPS) is 10.5. The Balaban J connectivity index is 2.22. The number of carboxylic acid groups (broad SMARTS) is 2. The highest BCUT2D eigenvalue weighted by molar-refractivity contribution is 9.10. The van der Waals surface area contributed by atoms with E-state index in [0.717, 1.165) is 4.47 Å². The van der Waals surface area contributed by atoms with E-state index in [9.17, 15) is 19.8 Å². The minimum Gasteiger partial charge on any atom is -0.478 e.